The lowest BCUT2D eigenvalue weighted by molar-refractivity contribution is -0.138. The van der Waals surface area contributed by atoms with Crippen LogP contribution in [0.15, 0.2) is 85.1 Å². The summed E-state index contributed by atoms with van der Waals surface area (Å²) in [4.78, 5) is 73.4. The Balaban J connectivity index is 0.892. The Morgan fingerprint density at radius 2 is 1.58 bits per heavy atom. The van der Waals surface area contributed by atoms with Gasteiger partial charge in [0.1, 0.15) is 29.5 Å². The number of alkyl carbamates (subject to hydrolysis) is 2. The molecule has 0 spiro atoms. The summed E-state index contributed by atoms with van der Waals surface area (Å²) in [6.07, 6.45) is 3.70. The number of halogens is 1. The van der Waals surface area contributed by atoms with Crippen molar-refractivity contribution in [2.75, 3.05) is 14.2 Å². The lowest BCUT2D eigenvalue weighted by Crippen LogP contribution is -2.52. The number of fused-ring (bicyclic) bond motifs is 6. The average molecular weight is 867 g/mol. The standard InChI is InChI=1S/C49H51FN8O6/c1-24(2)39(55-48(61)63-4)46(59)58-38(22-34-25(3)42(34)58)44-52-36-18-14-29-19-27(12-16-32(29)41(36)54-44)28-13-17-33(35(50)21-28)37-23-51-45(53-37)43-30-11-15-31(20-30)57(43)47(60)40(56-49(62)64-5)26-9-7-6-8-10-26/h6-10,12-14,16-19,21,23-25,30-31,34,38-40,42-43H,11,15,20,22H2,1-5H3,(H,51,53)(H,52,54)(H,55,61)(H,56,62)/t25?,30?,31-,34?,38+,39+,40-,42?,43+/m1/s1. The quantitative estimate of drug-likeness (QED) is 0.106. The molecule has 4 aliphatic rings. The smallest absolute Gasteiger partial charge is 0.407 e. The number of carbonyl (C=O) groups is 4. The second kappa shape index (κ2) is 16.1. The van der Waals surface area contributed by atoms with Crippen LogP contribution in [0.5, 0.6) is 0 Å². The molecule has 4 heterocycles. The van der Waals surface area contributed by atoms with Gasteiger partial charge in [-0.05, 0) is 95.7 Å². The number of likely N-dealkylation sites (tertiary alicyclic amines) is 2. The van der Waals surface area contributed by atoms with Crippen molar-refractivity contribution < 1.29 is 33.0 Å². The van der Waals surface area contributed by atoms with E-state index in [1.807, 2.05) is 78.2 Å². The van der Waals surface area contributed by atoms with Crippen LogP contribution in [-0.2, 0) is 19.1 Å². The predicted molar refractivity (Wildman–Crippen MR) is 237 cm³/mol. The predicted octanol–water partition coefficient (Wildman–Crippen LogP) is 8.35. The molecule has 2 bridgehead atoms. The molecule has 6 aromatic rings. The first-order valence-corrected chi connectivity index (χ1v) is 22.1. The first-order valence-electron chi connectivity index (χ1n) is 22.1. The van der Waals surface area contributed by atoms with Crippen LogP contribution in [0.1, 0.15) is 81.8 Å². The minimum atomic E-state index is -0.940. The van der Waals surface area contributed by atoms with Crippen molar-refractivity contribution >= 4 is 45.8 Å². The van der Waals surface area contributed by atoms with E-state index in [4.69, 9.17) is 19.4 Å². The second-order valence-corrected chi connectivity index (χ2v) is 18.2. The van der Waals surface area contributed by atoms with Gasteiger partial charge in [0.05, 0.1) is 49.2 Å². The van der Waals surface area contributed by atoms with Crippen LogP contribution < -0.4 is 10.6 Å². The zero-order valence-corrected chi connectivity index (χ0v) is 36.3. The number of imidazole rings is 2. The maximum atomic E-state index is 16.2. The number of rotatable bonds is 10. The van der Waals surface area contributed by atoms with E-state index in [0.29, 0.717) is 45.9 Å². The van der Waals surface area contributed by atoms with Crippen LogP contribution in [0.4, 0.5) is 14.0 Å². The van der Waals surface area contributed by atoms with Crippen molar-refractivity contribution in [3.63, 3.8) is 0 Å². The molecule has 330 valence electrons. The van der Waals surface area contributed by atoms with Crippen molar-refractivity contribution in [2.24, 2.45) is 23.7 Å². The number of hydrogen-bond acceptors (Lipinski definition) is 8. The number of aromatic nitrogens is 4. The fourth-order valence-electron chi connectivity index (χ4n) is 10.9. The highest BCUT2D eigenvalue weighted by atomic mass is 19.1. The Kier molecular flexibility index (Phi) is 10.4. The molecule has 14 nitrogen and oxygen atoms in total. The van der Waals surface area contributed by atoms with Gasteiger partial charge in [-0.2, -0.15) is 0 Å². The Morgan fingerprint density at radius 1 is 0.828 bits per heavy atom. The summed E-state index contributed by atoms with van der Waals surface area (Å²) >= 11 is 0. The summed E-state index contributed by atoms with van der Waals surface area (Å²) in [5.74, 6) is 1.28. The van der Waals surface area contributed by atoms with Crippen molar-refractivity contribution in [2.45, 2.75) is 82.7 Å². The molecular formula is C49H51FN8O6. The number of hydrogen-bond donors (Lipinski definition) is 4. The maximum Gasteiger partial charge on any atom is 0.407 e. The summed E-state index contributed by atoms with van der Waals surface area (Å²) < 4.78 is 25.9. The molecule has 9 atom stereocenters. The van der Waals surface area contributed by atoms with E-state index in [2.05, 4.69) is 27.5 Å². The number of nitrogens with one attached hydrogen (secondary N) is 4. The number of piperidine rings is 2. The van der Waals surface area contributed by atoms with E-state index < -0.39 is 30.1 Å². The van der Waals surface area contributed by atoms with Gasteiger partial charge >= 0.3 is 12.2 Å². The molecule has 0 radical (unpaired) electrons. The first-order chi connectivity index (χ1) is 30.9. The minimum Gasteiger partial charge on any atom is -0.453 e. The van der Waals surface area contributed by atoms with Gasteiger partial charge in [0, 0.05) is 23.0 Å². The Hall–Kier alpha value is -6.77. The molecule has 2 saturated heterocycles. The van der Waals surface area contributed by atoms with Crippen LogP contribution in [0.25, 0.3) is 44.2 Å². The largest absolute Gasteiger partial charge is 0.453 e. The van der Waals surface area contributed by atoms with E-state index in [1.54, 1.807) is 24.4 Å². The van der Waals surface area contributed by atoms with Crippen molar-refractivity contribution in [3.8, 4) is 22.4 Å². The third kappa shape index (κ3) is 7.01. The molecule has 2 aromatic heterocycles. The SMILES string of the molecule is COC(=O)N[C@H](C(=O)N1C2C(C)C2C[C@H]1c1nc2ccc3cc(-c4ccc(-c5cnc([C@@H]6C7CC[C@H](C7)N6C(=O)[C@H](NC(=O)OC)c6ccccc6)[nH]5)c(F)c4)ccc3c2[nH]1)C(C)C. The molecule has 2 saturated carbocycles. The molecule has 4 amide bonds. The highest BCUT2D eigenvalue weighted by Gasteiger charge is 2.61. The highest BCUT2D eigenvalue weighted by molar-refractivity contribution is 6.05. The number of nitrogens with zero attached hydrogens (tertiary/aromatic N) is 4. The Labute approximate surface area is 369 Å². The number of aromatic amines is 2. The molecule has 4 aromatic carbocycles. The van der Waals surface area contributed by atoms with Crippen LogP contribution in [-0.4, -0.2) is 86.1 Å². The molecule has 15 heteroatoms. The molecule has 4 unspecified atom stereocenters. The molecule has 10 rings (SSSR count). The first kappa shape index (κ1) is 41.3. The van der Waals surface area contributed by atoms with Gasteiger partial charge in [-0.25, -0.2) is 23.9 Å². The van der Waals surface area contributed by atoms with Crippen molar-refractivity contribution in [1.29, 1.82) is 0 Å². The average Bonchev–Trinajstić information content (AvgIpc) is 4.03. The Bertz CT molecular complexity index is 2810. The lowest BCUT2D eigenvalue weighted by Gasteiger charge is -2.36. The number of methoxy groups -OCH3 is 2. The highest BCUT2D eigenvalue weighted by Crippen LogP contribution is 2.58. The van der Waals surface area contributed by atoms with E-state index in [9.17, 15) is 19.2 Å². The zero-order chi connectivity index (χ0) is 44.6. The van der Waals surface area contributed by atoms with Gasteiger partial charge < -0.3 is 39.9 Å². The van der Waals surface area contributed by atoms with Crippen LogP contribution in [0.2, 0.25) is 0 Å². The van der Waals surface area contributed by atoms with E-state index in [-0.39, 0.29) is 47.8 Å². The van der Waals surface area contributed by atoms with E-state index >= 15 is 4.39 Å². The van der Waals surface area contributed by atoms with E-state index in [0.717, 1.165) is 53.1 Å². The number of benzene rings is 4. The number of carbonyl (C=O) groups excluding carboxylic acids is 4. The van der Waals surface area contributed by atoms with Gasteiger partial charge in [0.15, 0.2) is 0 Å². The van der Waals surface area contributed by atoms with Gasteiger partial charge in [-0.3, -0.25) is 9.59 Å². The molecule has 2 aliphatic carbocycles. The van der Waals surface area contributed by atoms with Gasteiger partial charge in [0.2, 0.25) is 5.91 Å². The van der Waals surface area contributed by atoms with Gasteiger partial charge in [0.25, 0.3) is 5.91 Å². The molecule has 4 N–H and O–H groups in total. The fourth-order valence-corrected chi connectivity index (χ4v) is 10.9. The minimum absolute atomic E-state index is 0.00492. The van der Waals surface area contributed by atoms with Crippen LogP contribution >= 0.6 is 0 Å². The Morgan fingerprint density at radius 3 is 2.33 bits per heavy atom. The topological polar surface area (TPSA) is 175 Å². The summed E-state index contributed by atoms with van der Waals surface area (Å²) in [7, 11) is 2.56. The summed E-state index contributed by atoms with van der Waals surface area (Å²) in [5, 5.41) is 7.39. The molecule has 4 fully saturated rings. The number of amides is 4. The van der Waals surface area contributed by atoms with Crippen LogP contribution in [0.3, 0.4) is 0 Å². The van der Waals surface area contributed by atoms with Crippen molar-refractivity contribution in [3.05, 3.63) is 108 Å². The summed E-state index contributed by atoms with van der Waals surface area (Å²) in [5.41, 5.74) is 4.70. The maximum absolute atomic E-state index is 16.2. The van der Waals surface area contributed by atoms with Gasteiger partial charge in [-0.1, -0.05) is 75.4 Å². The zero-order valence-electron chi connectivity index (χ0n) is 36.3. The van der Waals surface area contributed by atoms with Crippen molar-refractivity contribution in [1.82, 2.24) is 40.4 Å². The number of H-pyrrole nitrogens is 2. The normalized spacial score (nSPS) is 24.2. The number of ether oxygens (including phenoxy) is 2. The van der Waals surface area contributed by atoms with Crippen LogP contribution in [0, 0.1) is 29.5 Å². The fraction of sp³-hybridized carbons (Fsp3) is 0.388. The van der Waals surface area contributed by atoms with Gasteiger partial charge in [-0.15, -0.1) is 0 Å². The summed E-state index contributed by atoms with van der Waals surface area (Å²) in [6, 6.07) is 22.1. The summed E-state index contributed by atoms with van der Waals surface area (Å²) in [6.45, 7) is 5.98. The van der Waals surface area contributed by atoms with E-state index in [1.165, 1.54) is 20.3 Å². The second-order valence-electron chi connectivity index (χ2n) is 18.2. The molecule has 64 heavy (non-hydrogen) atoms. The third-order valence-corrected chi connectivity index (χ3v) is 14.3. The molecule has 2 aliphatic heterocycles. The lowest BCUT2D eigenvalue weighted by atomic mass is 9.96. The monoisotopic (exact) mass is 866 g/mol. The third-order valence-electron chi connectivity index (χ3n) is 14.3. The molecular weight excluding hydrogens is 816 g/mol.